The molecule has 1 amide bonds. The van der Waals surface area contributed by atoms with Crippen LogP contribution in [0, 0.1) is 5.92 Å². The van der Waals surface area contributed by atoms with Gasteiger partial charge in [-0.3, -0.25) is 9.69 Å². The van der Waals surface area contributed by atoms with Crippen LogP contribution in [0.5, 0.6) is 0 Å². The molecule has 5 nitrogen and oxygen atoms in total. The standard InChI is InChI=1S/C17H24N2O3S/c1-11-5-6-12-13(9-11)23-16(15(12)17(21)22-2)18-14(20)10-19-7-3-4-8-19/h11H,3-10H2,1-2H3,(H,18,20). The molecule has 0 aromatic carbocycles. The molecular formula is C17H24N2O3S. The third-order valence-electron chi connectivity index (χ3n) is 4.72. The maximum Gasteiger partial charge on any atom is 0.341 e. The molecule has 1 atom stereocenters. The van der Waals surface area contributed by atoms with Crippen LogP contribution in [0.3, 0.4) is 0 Å². The van der Waals surface area contributed by atoms with Crippen molar-refractivity contribution in [3.63, 3.8) is 0 Å². The monoisotopic (exact) mass is 336 g/mol. The molecule has 3 rings (SSSR count). The smallest absolute Gasteiger partial charge is 0.341 e. The Morgan fingerprint density at radius 2 is 2.09 bits per heavy atom. The summed E-state index contributed by atoms with van der Waals surface area (Å²) in [6.07, 6.45) is 5.26. The average Bonchev–Trinajstić information content (AvgIpc) is 3.13. The van der Waals surface area contributed by atoms with Crippen LogP contribution in [0.15, 0.2) is 0 Å². The normalized spacial score (nSPS) is 21.0. The Morgan fingerprint density at radius 3 is 2.78 bits per heavy atom. The summed E-state index contributed by atoms with van der Waals surface area (Å²) < 4.78 is 4.95. The number of carbonyl (C=O) groups excluding carboxylic acids is 2. The third kappa shape index (κ3) is 3.58. The van der Waals surface area contributed by atoms with Crippen molar-refractivity contribution in [2.45, 2.75) is 39.0 Å². The van der Waals surface area contributed by atoms with Gasteiger partial charge in [-0.15, -0.1) is 11.3 Å². The first-order valence-corrected chi connectivity index (χ1v) is 9.15. The summed E-state index contributed by atoms with van der Waals surface area (Å²) >= 11 is 1.54. The van der Waals surface area contributed by atoms with Gasteiger partial charge in [0.25, 0.3) is 0 Å². The van der Waals surface area contributed by atoms with Gasteiger partial charge in [0.05, 0.1) is 19.2 Å². The van der Waals surface area contributed by atoms with Gasteiger partial charge in [-0.2, -0.15) is 0 Å². The maximum absolute atomic E-state index is 12.3. The van der Waals surface area contributed by atoms with Crippen LogP contribution in [0.25, 0.3) is 0 Å². The molecule has 0 radical (unpaired) electrons. The van der Waals surface area contributed by atoms with Crippen LogP contribution in [0.1, 0.15) is 47.0 Å². The minimum Gasteiger partial charge on any atom is -0.465 e. The van der Waals surface area contributed by atoms with E-state index in [0.29, 0.717) is 23.0 Å². The van der Waals surface area contributed by atoms with Gasteiger partial charge in [0.2, 0.25) is 5.91 Å². The van der Waals surface area contributed by atoms with E-state index in [0.717, 1.165) is 50.8 Å². The van der Waals surface area contributed by atoms with Crippen molar-refractivity contribution in [2.24, 2.45) is 5.92 Å². The number of ether oxygens (including phenoxy) is 1. The fourth-order valence-corrected chi connectivity index (χ4v) is 4.88. The number of fused-ring (bicyclic) bond motifs is 1. The summed E-state index contributed by atoms with van der Waals surface area (Å²) in [5.74, 6) is 0.247. The number of hydrogen-bond acceptors (Lipinski definition) is 5. The highest BCUT2D eigenvalue weighted by atomic mass is 32.1. The highest BCUT2D eigenvalue weighted by molar-refractivity contribution is 7.17. The molecule has 1 aliphatic carbocycles. The predicted molar refractivity (Wildman–Crippen MR) is 91.2 cm³/mol. The largest absolute Gasteiger partial charge is 0.465 e. The summed E-state index contributed by atoms with van der Waals surface area (Å²) in [6.45, 7) is 4.59. The molecule has 2 heterocycles. The van der Waals surface area contributed by atoms with Gasteiger partial charge in [-0.25, -0.2) is 4.79 Å². The van der Waals surface area contributed by atoms with Crippen LogP contribution in [-0.4, -0.2) is 43.5 Å². The molecule has 1 saturated heterocycles. The summed E-state index contributed by atoms with van der Waals surface area (Å²) in [5, 5.41) is 3.63. The van der Waals surface area contributed by atoms with Crippen molar-refractivity contribution in [1.29, 1.82) is 0 Å². The third-order valence-corrected chi connectivity index (χ3v) is 5.89. The van der Waals surface area contributed by atoms with Gasteiger partial charge in [0, 0.05) is 4.88 Å². The molecule has 1 unspecified atom stereocenters. The van der Waals surface area contributed by atoms with Gasteiger partial charge in [0.1, 0.15) is 5.00 Å². The molecule has 126 valence electrons. The SMILES string of the molecule is COC(=O)c1c(NC(=O)CN2CCCC2)sc2c1CCC(C)C2. The first-order valence-electron chi connectivity index (χ1n) is 8.33. The second-order valence-electron chi connectivity index (χ2n) is 6.58. The first kappa shape index (κ1) is 16.5. The van der Waals surface area contributed by atoms with E-state index in [2.05, 4.69) is 17.1 Å². The van der Waals surface area contributed by atoms with Crippen molar-refractivity contribution in [3.05, 3.63) is 16.0 Å². The number of thiophene rings is 1. The molecule has 0 saturated carbocycles. The van der Waals surface area contributed by atoms with E-state index >= 15 is 0 Å². The zero-order valence-corrected chi connectivity index (χ0v) is 14.6. The fraction of sp³-hybridized carbons (Fsp3) is 0.647. The lowest BCUT2D eigenvalue weighted by Gasteiger charge is -2.18. The van der Waals surface area contributed by atoms with Crippen molar-refractivity contribution in [2.75, 3.05) is 32.1 Å². The highest BCUT2D eigenvalue weighted by Crippen LogP contribution is 2.40. The van der Waals surface area contributed by atoms with Gasteiger partial charge >= 0.3 is 5.97 Å². The molecule has 2 aliphatic rings. The topological polar surface area (TPSA) is 58.6 Å². The van der Waals surface area contributed by atoms with Crippen molar-refractivity contribution in [3.8, 4) is 0 Å². The number of esters is 1. The van der Waals surface area contributed by atoms with E-state index in [1.807, 2.05) is 0 Å². The zero-order valence-electron chi connectivity index (χ0n) is 13.8. The van der Waals surface area contributed by atoms with Gasteiger partial charge < -0.3 is 10.1 Å². The lowest BCUT2D eigenvalue weighted by molar-refractivity contribution is -0.117. The molecule has 1 aliphatic heterocycles. The molecular weight excluding hydrogens is 312 g/mol. The van der Waals surface area contributed by atoms with Crippen molar-refractivity contribution in [1.82, 2.24) is 4.90 Å². The van der Waals surface area contributed by atoms with Gasteiger partial charge in [0.15, 0.2) is 0 Å². The number of hydrogen-bond donors (Lipinski definition) is 1. The Kier molecular flexibility index (Phi) is 5.02. The van der Waals surface area contributed by atoms with Crippen molar-refractivity contribution < 1.29 is 14.3 Å². The van der Waals surface area contributed by atoms with Crippen LogP contribution in [0.4, 0.5) is 5.00 Å². The quantitative estimate of drug-likeness (QED) is 0.859. The Bertz CT molecular complexity index is 605. The lowest BCUT2D eigenvalue weighted by Crippen LogP contribution is -2.31. The van der Waals surface area contributed by atoms with Crippen LogP contribution >= 0.6 is 11.3 Å². The van der Waals surface area contributed by atoms with Crippen LogP contribution < -0.4 is 5.32 Å². The van der Waals surface area contributed by atoms with Crippen molar-refractivity contribution >= 4 is 28.2 Å². The Balaban J connectivity index is 1.80. The highest BCUT2D eigenvalue weighted by Gasteiger charge is 2.29. The van der Waals surface area contributed by atoms with Gasteiger partial charge in [-0.1, -0.05) is 6.92 Å². The minimum atomic E-state index is -0.339. The average molecular weight is 336 g/mol. The molecule has 0 spiro atoms. The second-order valence-corrected chi connectivity index (χ2v) is 7.68. The number of likely N-dealkylation sites (tertiary alicyclic amines) is 1. The van der Waals surface area contributed by atoms with E-state index in [1.165, 1.54) is 12.0 Å². The van der Waals surface area contributed by atoms with E-state index < -0.39 is 0 Å². The fourth-order valence-electron chi connectivity index (χ4n) is 3.47. The minimum absolute atomic E-state index is 0.0382. The molecule has 6 heteroatoms. The van der Waals surface area contributed by atoms with E-state index in [-0.39, 0.29) is 11.9 Å². The summed E-state index contributed by atoms with van der Waals surface area (Å²) in [5.41, 5.74) is 1.66. The zero-order chi connectivity index (χ0) is 16.4. The number of nitrogens with one attached hydrogen (secondary N) is 1. The molecule has 1 aromatic rings. The van der Waals surface area contributed by atoms with E-state index in [4.69, 9.17) is 4.74 Å². The van der Waals surface area contributed by atoms with E-state index in [9.17, 15) is 9.59 Å². The first-order chi connectivity index (χ1) is 11.1. The number of carbonyl (C=O) groups is 2. The predicted octanol–water partition coefficient (Wildman–Crippen LogP) is 2.69. The molecule has 1 aromatic heterocycles. The maximum atomic E-state index is 12.3. The number of amides is 1. The number of nitrogens with zero attached hydrogens (tertiary/aromatic N) is 1. The second kappa shape index (κ2) is 7.01. The van der Waals surface area contributed by atoms with Crippen LogP contribution in [0.2, 0.25) is 0 Å². The molecule has 0 bridgehead atoms. The van der Waals surface area contributed by atoms with E-state index in [1.54, 1.807) is 11.3 Å². The Morgan fingerprint density at radius 1 is 1.35 bits per heavy atom. The van der Waals surface area contributed by atoms with Crippen LogP contribution in [-0.2, 0) is 22.4 Å². The number of methoxy groups -OCH3 is 1. The number of anilines is 1. The Labute approximate surface area is 141 Å². The Hall–Kier alpha value is -1.40. The van der Waals surface area contributed by atoms with Gasteiger partial charge in [-0.05, 0) is 56.7 Å². The molecule has 1 fully saturated rings. The summed E-state index contributed by atoms with van der Waals surface area (Å²) in [7, 11) is 1.40. The lowest BCUT2D eigenvalue weighted by atomic mass is 9.88. The number of rotatable bonds is 4. The molecule has 1 N–H and O–H groups in total. The molecule has 23 heavy (non-hydrogen) atoms. The summed E-state index contributed by atoms with van der Waals surface area (Å²) in [4.78, 5) is 27.9. The summed E-state index contributed by atoms with van der Waals surface area (Å²) in [6, 6.07) is 0.